The van der Waals surface area contributed by atoms with Crippen LogP contribution in [-0.4, -0.2) is 48.2 Å². The highest BCUT2D eigenvalue weighted by molar-refractivity contribution is 6.05. The first-order valence-corrected chi connectivity index (χ1v) is 11.6. The Kier molecular flexibility index (Phi) is 6.31. The molecule has 1 N–H and O–H groups in total. The summed E-state index contributed by atoms with van der Waals surface area (Å²) in [6, 6.07) is 13.1. The van der Waals surface area contributed by atoms with E-state index in [9.17, 15) is 9.59 Å². The van der Waals surface area contributed by atoms with Gasteiger partial charge >= 0.3 is 5.97 Å². The van der Waals surface area contributed by atoms with Gasteiger partial charge in [-0.25, -0.2) is 4.79 Å². The fraction of sp³-hybridized carbons (Fsp3) is 0.346. The number of aromatic nitrogens is 1. The monoisotopic (exact) mass is 461 g/mol. The number of pyridine rings is 1. The zero-order chi connectivity index (χ0) is 23.5. The molecule has 2 aromatic carbocycles. The number of hydrogen-bond donors (Lipinski definition) is 1. The lowest BCUT2D eigenvalue weighted by Gasteiger charge is -2.29. The van der Waals surface area contributed by atoms with Crippen LogP contribution in [0.25, 0.3) is 10.9 Å². The average Bonchev–Trinajstić information content (AvgIpc) is 3.33. The third kappa shape index (κ3) is 4.54. The Bertz CT molecular complexity index is 1240. The maximum atomic E-state index is 13.2. The molecule has 5 rings (SSSR count). The Morgan fingerprint density at radius 3 is 2.88 bits per heavy atom. The second-order valence-corrected chi connectivity index (χ2v) is 8.50. The molecule has 0 spiro atoms. The summed E-state index contributed by atoms with van der Waals surface area (Å²) in [5.74, 6) is 0.483. The van der Waals surface area contributed by atoms with Crippen molar-refractivity contribution in [1.82, 2.24) is 15.2 Å². The number of esters is 1. The van der Waals surface area contributed by atoms with Gasteiger partial charge in [0.1, 0.15) is 0 Å². The lowest BCUT2D eigenvalue weighted by atomic mass is 9.95. The van der Waals surface area contributed by atoms with Crippen molar-refractivity contribution in [3.05, 3.63) is 64.8 Å². The normalized spacial score (nSPS) is 14.6. The standard InChI is InChI=1S/C26H27N3O5/c1-2-10-29-11-9-21-19(14-29)25(18-5-3-4-6-20(18)28-21)26(31)32-15-24(30)27-13-17-7-8-22-23(12-17)34-16-33-22/h3-8,12H,2,9-11,13-16H2,1H3,(H,27,30). The van der Waals surface area contributed by atoms with Gasteiger partial charge in [0.25, 0.3) is 5.91 Å². The summed E-state index contributed by atoms with van der Waals surface area (Å²) in [5, 5.41) is 3.54. The van der Waals surface area contributed by atoms with Gasteiger partial charge in [-0.3, -0.25) is 14.7 Å². The Hall–Kier alpha value is -3.65. The molecule has 0 bridgehead atoms. The highest BCUT2D eigenvalue weighted by Gasteiger charge is 2.26. The first kappa shape index (κ1) is 22.2. The van der Waals surface area contributed by atoms with Crippen LogP contribution in [0.4, 0.5) is 0 Å². The fourth-order valence-corrected chi connectivity index (χ4v) is 4.49. The summed E-state index contributed by atoms with van der Waals surface area (Å²) in [6.45, 7) is 4.82. The summed E-state index contributed by atoms with van der Waals surface area (Å²) in [7, 11) is 0. The molecule has 0 aliphatic carbocycles. The van der Waals surface area contributed by atoms with Crippen molar-refractivity contribution in [3.8, 4) is 11.5 Å². The summed E-state index contributed by atoms with van der Waals surface area (Å²) >= 11 is 0. The number of para-hydroxylation sites is 1. The van der Waals surface area contributed by atoms with Gasteiger partial charge in [-0.2, -0.15) is 0 Å². The number of carbonyl (C=O) groups excluding carboxylic acids is 2. The van der Waals surface area contributed by atoms with Crippen molar-refractivity contribution in [2.45, 2.75) is 32.9 Å². The van der Waals surface area contributed by atoms with Crippen molar-refractivity contribution < 1.29 is 23.8 Å². The number of rotatable bonds is 7. The highest BCUT2D eigenvalue weighted by atomic mass is 16.7. The fourth-order valence-electron chi connectivity index (χ4n) is 4.49. The number of nitrogens with one attached hydrogen (secondary N) is 1. The molecule has 2 aliphatic rings. The smallest absolute Gasteiger partial charge is 0.339 e. The van der Waals surface area contributed by atoms with Crippen LogP contribution < -0.4 is 14.8 Å². The molecular formula is C26H27N3O5. The highest BCUT2D eigenvalue weighted by Crippen LogP contribution is 2.32. The Morgan fingerprint density at radius 2 is 2.00 bits per heavy atom. The predicted octanol–water partition coefficient (Wildman–Crippen LogP) is 3.20. The van der Waals surface area contributed by atoms with Crippen LogP contribution in [0.5, 0.6) is 11.5 Å². The van der Waals surface area contributed by atoms with Gasteiger partial charge in [-0.1, -0.05) is 31.2 Å². The molecule has 0 unspecified atom stereocenters. The van der Waals surface area contributed by atoms with E-state index in [0.29, 0.717) is 30.2 Å². The molecule has 34 heavy (non-hydrogen) atoms. The topological polar surface area (TPSA) is 90.0 Å². The van der Waals surface area contributed by atoms with Gasteiger partial charge in [-0.15, -0.1) is 0 Å². The number of nitrogens with zero attached hydrogens (tertiary/aromatic N) is 2. The van der Waals surface area contributed by atoms with Crippen molar-refractivity contribution in [2.75, 3.05) is 26.5 Å². The van der Waals surface area contributed by atoms with Gasteiger partial charge in [0, 0.05) is 42.7 Å². The van der Waals surface area contributed by atoms with Gasteiger partial charge in [-0.05, 0) is 36.7 Å². The van der Waals surface area contributed by atoms with E-state index in [-0.39, 0.29) is 19.3 Å². The van der Waals surface area contributed by atoms with E-state index < -0.39 is 5.97 Å². The molecule has 0 atom stereocenters. The SMILES string of the molecule is CCCN1CCc2nc3ccccc3c(C(=O)OCC(=O)NCc3ccc4c(c3)OCO4)c2C1. The molecule has 176 valence electrons. The molecule has 0 saturated heterocycles. The maximum Gasteiger partial charge on any atom is 0.339 e. The molecule has 8 heteroatoms. The summed E-state index contributed by atoms with van der Waals surface area (Å²) in [5.41, 5.74) is 4.00. The zero-order valence-electron chi connectivity index (χ0n) is 19.1. The first-order valence-electron chi connectivity index (χ1n) is 11.6. The van der Waals surface area contributed by atoms with E-state index in [1.54, 1.807) is 0 Å². The van der Waals surface area contributed by atoms with Crippen molar-refractivity contribution in [3.63, 3.8) is 0 Å². The third-order valence-electron chi connectivity index (χ3n) is 6.13. The Morgan fingerprint density at radius 1 is 1.15 bits per heavy atom. The number of ether oxygens (including phenoxy) is 3. The largest absolute Gasteiger partial charge is 0.454 e. The van der Waals surface area contributed by atoms with Gasteiger partial charge in [0.2, 0.25) is 6.79 Å². The van der Waals surface area contributed by atoms with E-state index in [4.69, 9.17) is 19.2 Å². The summed E-state index contributed by atoms with van der Waals surface area (Å²) in [6.07, 6.45) is 1.83. The third-order valence-corrected chi connectivity index (χ3v) is 6.13. The second-order valence-electron chi connectivity index (χ2n) is 8.50. The Balaban J connectivity index is 1.28. The maximum absolute atomic E-state index is 13.2. The minimum Gasteiger partial charge on any atom is -0.454 e. The van der Waals surface area contributed by atoms with E-state index in [1.807, 2.05) is 42.5 Å². The number of amides is 1. The Labute approximate surface area is 197 Å². The minimum absolute atomic E-state index is 0.199. The molecular weight excluding hydrogens is 434 g/mol. The number of fused-ring (bicyclic) bond motifs is 3. The van der Waals surface area contributed by atoms with E-state index >= 15 is 0 Å². The van der Waals surface area contributed by atoms with Crippen molar-refractivity contribution in [1.29, 1.82) is 0 Å². The van der Waals surface area contributed by atoms with Crippen LogP contribution in [0.2, 0.25) is 0 Å². The van der Waals surface area contributed by atoms with Crippen LogP contribution >= 0.6 is 0 Å². The van der Waals surface area contributed by atoms with Crippen molar-refractivity contribution in [2.24, 2.45) is 0 Å². The molecule has 1 aromatic heterocycles. The summed E-state index contributed by atoms with van der Waals surface area (Å²) in [4.78, 5) is 32.8. The summed E-state index contributed by atoms with van der Waals surface area (Å²) < 4.78 is 16.1. The minimum atomic E-state index is -0.494. The number of carbonyl (C=O) groups is 2. The van der Waals surface area contributed by atoms with Crippen LogP contribution in [0.15, 0.2) is 42.5 Å². The number of benzene rings is 2. The molecule has 0 fully saturated rings. The molecule has 2 aliphatic heterocycles. The van der Waals surface area contributed by atoms with E-state index in [2.05, 4.69) is 17.1 Å². The predicted molar refractivity (Wildman–Crippen MR) is 126 cm³/mol. The second kappa shape index (κ2) is 9.69. The van der Waals surface area contributed by atoms with Crippen LogP contribution in [0.3, 0.4) is 0 Å². The van der Waals surface area contributed by atoms with E-state index in [1.165, 1.54) is 0 Å². The molecule has 8 nitrogen and oxygen atoms in total. The number of hydrogen-bond acceptors (Lipinski definition) is 7. The molecule has 1 amide bonds. The molecule has 0 radical (unpaired) electrons. The quantitative estimate of drug-likeness (QED) is 0.541. The first-order chi connectivity index (χ1) is 16.6. The average molecular weight is 462 g/mol. The van der Waals surface area contributed by atoms with Gasteiger partial charge < -0.3 is 19.5 Å². The van der Waals surface area contributed by atoms with Crippen LogP contribution in [0.1, 0.15) is 40.5 Å². The van der Waals surface area contributed by atoms with Crippen LogP contribution in [0, 0.1) is 0 Å². The van der Waals surface area contributed by atoms with Crippen molar-refractivity contribution >= 4 is 22.8 Å². The zero-order valence-corrected chi connectivity index (χ0v) is 19.1. The molecule has 3 heterocycles. The van der Waals surface area contributed by atoms with Gasteiger partial charge in [0.15, 0.2) is 18.1 Å². The lowest BCUT2D eigenvalue weighted by Crippen LogP contribution is -2.34. The van der Waals surface area contributed by atoms with Gasteiger partial charge in [0.05, 0.1) is 11.1 Å². The molecule has 0 saturated carbocycles. The molecule has 3 aromatic rings. The van der Waals surface area contributed by atoms with E-state index in [0.717, 1.165) is 53.7 Å². The van der Waals surface area contributed by atoms with Crippen LogP contribution in [-0.2, 0) is 29.0 Å². The lowest BCUT2D eigenvalue weighted by molar-refractivity contribution is -0.124.